The molecular formula is C17H19NO2. The molecule has 0 bridgehead atoms. The van der Waals surface area contributed by atoms with Crippen molar-refractivity contribution >= 4 is 11.6 Å². The van der Waals surface area contributed by atoms with E-state index in [-0.39, 0.29) is 5.91 Å². The zero-order chi connectivity index (χ0) is 14.5. The van der Waals surface area contributed by atoms with Gasteiger partial charge in [0.1, 0.15) is 5.75 Å². The lowest BCUT2D eigenvalue weighted by molar-refractivity contribution is 0.102. The molecule has 0 aliphatic heterocycles. The van der Waals surface area contributed by atoms with Crippen LogP contribution in [0.5, 0.6) is 5.75 Å². The second-order valence-corrected chi connectivity index (χ2v) is 4.93. The summed E-state index contributed by atoms with van der Waals surface area (Å²) in [6.45, 7) is 4.25. The van der Waals surface area contributed by atoms with Crippen LogP contribution in [0.4, 0.5) is 5.69 Å². The van der Waals surface area contributed by atoms with E-state index >= 15 is 0 Å². The Balaban J connectivity index is 2.21. The smallest absolute Gasteiger partial charge is 0.259 e. The lowest BCUT2D eigenvalue weighted by Crippen LogP contribution is -2.13. The van der Waals surface area contributed by atoms with Crippen molar-refractivity contribution in [2.45, 2.75) is 19.8 Å². The van der Waals surface area contributed by atoms with E-state index in [1.165, 1.54) is 5.56 Å². The van der Waals surface area contributed by atoms with Gasteiger partial charge in [-0.2, -0.15) is 0 Å². The number of carbonyl (C=O) groups is 1. The van der Waals surface area contributed by atoms with Crippen LogP contribution in [-0.2, 0) is 0 Å². The summed E-state index contributed by atoms with van der Waals surface area (Å²) in [6.07, 6.45) is 0. The summed E-state index contributed by atoms with van der Waals surface area (Å²) in [4.78, 5) is 12.3. The minimum absolute atomic E-state index is 0.164. The third kappa shape index (κ3) is 3.18. The Morgan fingerprint density at radius 1 is 1.10 bits per heavy atom. The van der Waals surface area contributed by atoms with Crippen LogP contribution in [0.25, 0.3) is 0 Å². The first-order valence-corrected chi connectivity index (χ1v) is 6.66. The first kappa shape index (κ1) is 14.1. The normalized spacial score (nSPS) is 10.4. The fraction of sp³-hybridized carbons (Fsp3) is 0.235. The highest BCUT2D eigenvalue weighted by molar-refractivity contribution is 6.06. The number of carbonyl (C=O) groups excluding carboxylic acids is 1. The molecule has 0 saturated heterocycles. The molecule has 1 N–H and O–H groups in total. The highest BCUT2D eigenvalue weighted by atomic mass is 16.5. The second-order valence-electron chi connectivity index (χ2n) is 4.93. The van der Waals surface area contributed by atoms with Gasteiger partial charge in [-0.3, -0.25) is 4.79 Å². The summed E-state index contributed by atoms with van der Waals surface area (Å²) in [5.74, 6) is 0.839. The lowest BCUT2D eigenvalue weighted by atomic mass is 10.0. The molecule has 3 nitrogen and oxygen atoms in total. The first-order valence-electron chi connectivity index (χ1n) is 6.66. The summed E-state index contributed by atoms with van der Waals surface area (Å²) in [7, 11) is 1.56. The van der Waals surface area contributed by atoms with Gasteiger partial charge in [0.25, 0.3) is 5.91 Å². The monoisotopic (exact) mass is 269 g/mol. The van der Waals surface area contributed by atoms with Crippen LogP contribution in [0.2, 0.25) is 0 Å². The van der Waals surface area contributed by atoms with Gasteiger partial charge in [0.15, 0.2) is 0 Å². The minimum atomic E-state index is -0.164. The Labute approximate surface area is 119 Å². The van der Waals surface area contributed by atoms with Crippen molar-refractivity contribution < 1.29 is 9.53 Å². The Morgan fingerprint density at radius 3 is 2.55 bits per heavy atom. The van der Waals surface area contributed by atoms with E-state index in [4.69, 9.17) is 4.74 Å². The number of para-hydroxylation sites is 1. The molecule has 2 aromatic rings. The molecule has 20 heavy (non-hydrogen) atoms. The molecule has 3 heteroatoms. The Kier molecular flexibility index (Phi) is 4.41. The van der Waals surface area contributed by atoms with Crippen molar-refractivity contribution in [1.82, 2.24) is 0 Å². The Bertz CT molecular complexity index is 605. The van der Waals surface area contributed by atoms with E-state index in [1.807, 2.05) is 30.3 Å². The molecular weight excluding hydrogens is 250 g/mol. The van der Waals surface area contributed by atoms with Crippen LogP contribution in [0.1, 0.15) is 35.7 Å². The Morgan fingerprint density at radius 2 is 1.85 bits per heavy atom. The zero-order valence-corrected chi connectivity index (χ0v) is 12.0. The third-order valence-electron chi connectivity index (χ3n) is 3.16. The highest BCUT2D eigenvalue weighted by Crippen LogP contribution is 2.21. The average molecular weight is 269 g/mol. The number of hydrogen-bond acceptors (Lipinski definition) is 2. The molecule has 0 aliphatic rings. The van der Waals surface area contributed by atoms with Crippen LogP contribution >= 0.6 is 0 Å². The van der Waals surface area contributed by atoms with Gasteiger partial charge < -0.3 is 10.1 Å². The van der Waals surface area contributed by atoms with E-state index in [2.05, 4.69) is 25.2 Å². The quantitative estimate of drug-likeness (QED) is 0.908. The van der Waals surface area contributed by atoms with Gasteiger partial charge in [-0.25, -0.2) is 0 Å². The van der Waals surface area contributed by atoms with Crippen molar-refractivity contribution in [2.24, 2.45) is 0 Å². The number of rotatable bonds is 4. The van der Waals surface area contributed by atoms with Crippen LogP contribution in [-0.4, -0.2) is 13.0 Å². The summed E-state index contributed by atoms with van der Waals surface area (Å²) in [5, 5.41) is 2.91. The maximum Gasteiger partial charge on any atom is 0.259 e. The SMILES string of the molecule is COc1ccccc1C(=O)Nc1cccc(C(C)C)c1. The van der Waals surface area contributed by atoms with Gasteiger partial charge in [0.2, 0.25) is 0 Å². The van der Waals surface area contributed by atoms with Gasteiger partial charge in [-0.15, -0.1) is 0 Å². The molecule has 0 atom stereocenters. The summed E-state index contributed by atoms with van der Waals surface area (Å²) >= 11 is 0. The van der Waals surface area contributed by atoms with Crippen LogP contribution < -0.4 is 10.1 Å². The van der Waals surface area contributed by atoms with Crippen molar-refractivity contribution in [2.75, 3.05) is 12.4 Å². The second kappa shape index (κ2) is 6.24. The van der Waals surface area contributed by atoms with Gasteiger partial charge >= 0.3 is 0 Å². The fourth-order valence-corrected chi connectivity index (χ4v) is 2.01. The highest BCUT2D eigenvalue weighted by Gasteiger charge is 2.11. The van der Waals surface area contributed by atoms with Crippen LogP contribution in [0.3, 0.4) is 0 Å². The number of anilines is 1. The maximum atomic E-state index is 12.3. The predicted molar refractivity (Wildman–Crippen MR) is 81.5 cm³/mol. The number of ether oxygens (including phenoxy) is 1. The molecule has 0 spiro atoms. The van der Waals surface area contributed by atoms with Gasteiger partial charge in [0.05, 0.1) is 12.7 Å². The van der Waals surface area contributed by atoms with Crippen LogP contribution in [0, 0.1) is 0 Å². The molecule has 0 heterocycles. The zero-order valence-electron chi connectivity index (χ0n) is 12.0. The number of methoxy groups -OCH3 is 1. The Hall–Kier alpha value is -2.29. The minimum Gasteiger partial charge on any atom is -0.496 e. The topological polar surface area (TPSA) is 38.3 Å². The number of nitrogens with one attached hydrogen (secondary N) is 1. The molecule has 0 unspecified atom stereocenters. The summed E-state index contributed by atoms with van der Waals surface area (Å²) in [5.41, 5.74) is 2.53. The maximum absolute atomic E-state index is 12.3. The predicted octanol–water partition coefficient (Wildman–Crippen LogP) is 4.07. The third-order valence-corrected chi connectivity index (χ3v) is 3.16. The van der Waals surface area contributed by atoms with Crippen molar-refractivity contribution in [3.63, 3.8) is 0 Å². The van der Waals surface area contributed by atoms with Gasteiger partial charge in [0, 0.05) is 5.69 Å². The molecule has 2 aromatic carbocycles. The van der Waals surface area contributed by atoms with E-state index in [0.29, 0.717) is 17.2 Å². The average Bonchev–Trinajstić information content (AvgIpc) is 2.47. The molecule has 0 saturated carbocycles. The molecule has 1 amide bonds. The van der Waals surface area contributed by atoms with Crippen molar-refractivity contribution in [3.05, 3.63) is 59.7 Å². The van der Waals surface area contributed by atoms with Crippen molar-refractivity contribution in [3.8, 4) is 5.75 Å². The van der Waals surface area contributed by atoms with Gasteiger partial charge in [-0.05, 0) is 35.7 Å². The molecule has 0 radical (unpaired) electrons. The first-order chi connectivity index (χ1) is 9.61. The standard InChI is InChI=1S/C17H19NO2/c1-12(2)13-7-6-8-14(11-13)18-17(19)15-9-4-5-10-16(15)20-3/h4-12H,1-3H3,(H,18,19). The molecule has 0 aliphatic carbocycles. The molecule has 104 valence electrons. The van der Waals surface area contributed by atoms with Crippen molar-refractivity contribution in [1.29, 1.82) is 0 Å². The summed E-state index contributed by atoms with van der Waals surface area (Å²) in [6, 6.07) is 15.1. The fourth-order valence-electron chi connectivity index (χ4n) is 2.01. The summed E-state index contributed by atoms with van der Waals surface area (Å²) < 4.78 is 5.21. The number of hydrogen-bond donors (Lipinski definition) is 1. The molecule has 2 rings (SSSR count). The van der Waals surface area contributed by atoms with Crippen LogP contribution in [0.15, 0.2) is 48.5 Å². The number of amides is 1. The van der Waals surface area contributed by atoms with E-state index < -0.39 is 0 Å². The van der Waals surface area contributed by atoms with Gasteiger partial charge in [-0.1, -0.05) is 38.1 Å². The lowest BCUT2D eigenvalue weighted by Gasteiger charge is -2.11. The molecule has 0 aromatic heterocycles. The van der Waals surface area contributed by atoms with E-state index in [0.717, 1.165) is 5.69 Å². The number of benzene rings is 2. The van der Waals surface area contributed by atoms with E-state index in [1.54, 1.807) is 19.2 Å². The largest absolute Gasteiger partial charge is 0.496 e. The van der Waals surface area contributed by atoms with E-state index in [9.17, 15) is 4.79 Å². The molecule has 0 fully saturated rings.